The third kappa shape index (κ3) is 3.59. The lowest BCUT2D eigenvalue weighted by Crippen LogP contribution is -2.47. The van der Waals surface area contributed by atoms with Gasteiger partial charge in [0, 0.05) is 6.42 Å². The van der Waals surface area contributed by atoms with E-state index in [-0.39, 0.29) is 24.3 Å². The summed E-state index contributed by atoms with van der Waals surface area (Å²) < 4.78 is 0. The molecular formula is C16H21NO3. The lowest BCUT2D eigenvalue weighted by Gasteiger charge is -2.38. The number of carboxylic acids is 1. The van der Waals surface area contributed by atoms with Crippen molar-refractivity contribution in [1.29, 1.82) is 0 Å². The fourth-order valence-corrected chi connectivity index (χ4v) is 2.95. The minimum Gasteiger partial charge on any atom is -0.481 e. The van der Waals surface area contributed by atoms with Gasteiger partial charge >= 0.3 is 5.97 Å². The third-order valence-corrected chi connectivity index (χ3v) is 3.98. The minimum absolute atomic E-state index is 0.0456. The Labute approximate surface area is 119 Å². The second kappa shape index (κ2) is 6.55. The second-order valence-electron chi connectivity index (χ2n) is 5.45. The Morgan fingerprint density at radius 1 is 1.05 bits per heavy atom. The standard InChI is InChI=1S/C16H21NO3/c18-14(9-10-15(19)20)17-16(11-5-2-6-12-16)13-7-3-1-4-8-13/h1,3-4,7-8H,2,5-6,9-12H2,(H,17,18)(H,19,20). The predicted molar refractivity (Wildman–Crippen MR) is 76.2 cm³/mol. The molecule has 1 saturated carbocycles. The highest BCUT2D eigenvalue weighted by atomic mass is 16.4. The van der Waals surface area contributed by atoms with Crippen LogP contribution in [-0.4, -0.2) is 17.0 Å². The Kier molecular flexibility index (Phi) is 4.77. The molecular weight excluding hydrogens is 254 g/mol. The van der Waals surface area contributed by atoms with E-state index in [0.29, 0.717) is 0 Å². The lowest BCUT2D eigenvalue weighted by molar-refractivity contribution is -0.139. The van der Waals surface area contributed by atoms with E-state index >= 15 is 0 Å². The molecule has 2 rings (SSSR count). The van der Waals surface area contributed by atoms with E-state index in [4.69, 9.17) is 5.11 Å². The van der Waals surface area contributed by atoms with Gasteiger partial charge in [0.2, 0.25) is 5.91 Å². The van der Waals surface area contributed by atoms with Gasteiger partial charge in [-0.05, 0) is 18.4 Å². The molecule has 0 saturated heterocycles. The smallest absolute Gasteiger partial charge is 0.303 e. The Morgan fingerprint density at radius 3 is 2.30 bits per heavy atom. The van der Waals surface area contributed by atoms with Crippen LogP contribution >= 0.6 is 0 Å². The first-order valence-corrected chi connectivity index (χ1v) is 7.21. The van der Waals surface area contributed by atoms with Gasteiger partial charge in [-0.1, -0.05) is 49.6 Å². The number of nitrogens with one attached hydrogen (secondary N) is 1. The number of hydrogen-bond donors (Lipinski definition) is 2. The van der Waals surface area contributed by atoms with Gasteiger partial charge in [0.15, 0.2) is 0 Å². The summed E-state index contributed by atoms with van der Waals surface area (Å²) in [7, 11) is 0. The van der Waals surface area contributed by atoms with Crippen molar-refractivity contribution in [2.45, 2.75) is 50.5 Å². The number of carbonyl (C=O) groups excluding carboxylic acids is 1. The van der Waals surface area contributed by atoms with Crippen LogP contribution in [0.3, 0.4) is 0 Å². The number of hydrogen-bond acceptors (Lipinski definition) is 2. The molecule has 20 heavy (non-hydrogen) atoms. The molecule has 1 aliphatic rings. The Balaban J connectivity index is 2.11. The first kappa shape index (κ1) is 14.6. The molecule has 1 fully saturated rings. The van der Waals surface area contributed by atoms with Crippen LogP contribution in [0.1, 0.15) is 50.5 Å². The van der Waals surface area contributed by atoms with Gasteiger partial charge in [-0.25, -0.2) is 0 Å². The molecule has 0 spiro atoms. The number of benzene rings is 1. The Morgan fingerprint density at radius 2 is 1.70 bits per heavy atom. The van der Waals surface area contributed by atoms with Crippen LogP contribution in [0.2, 0.25) is 0 Å². The van der Waals surface area contributed by atoms with E-state index in [2.05, 4.69) is 5.32 Å². The van der Waals surface area contributed by atoms with E-state index in [1.54, 1.807) is 0 Å². The summed E-state index contributed by atoms with van der Waals surface area (Å²) in [6.07, 6.45) is 5.16. The van der Waals surface area contributed by atoms with Crippen molar-refractivity contribution in [2.75, 3.05) is 0 Å². The summed E-state index contributed by atoms with van der Waals surface area (Å²) in [4.78, 5) is 22.6. The number of aliphatic carboxylic acids is 1. The van der Waals surface area contributed by atoms with Crippen molar-refractivity contribution >= 4 is 11.9 Å². The van der Waals surface area contributed by atoms with Crippen LogP contribution < -0.4 is 5.32 Å². The van der Waals surface area contributed by atoms with E-state index < -0.39 is 5.97 Å². The largest absolute Gasteiger partial charge is 0.481 e. The van der Waals surface area contributed by atoms with Gasteiger partial charge in [-0.15, -0.1) is 0 Å². The monoisotopic (exact) mass is 275 g/mol. The molecule has 1 aromatic carbocycles. The summed E-state index contributed by atoms with van der Waals surface area (Å²) in [5, 5.41) is 11.8. The number of carbonyl (C=O) groups is 2. The SMILES string of the molecule is O=C(O)CCC(=O)NC1(c2ccccc2)CCCCC1. The van der Waals surface area contributed by atoms with Crippen molar-refractivity contribution in [2.24, 2.45) is 0 Å². The molecule has 0 heterocycles. The van der Waals surface area contributed by atoms with Crippen molar-refractivity contribution in [3.8, 4) is 0 Å². The summed E-state index contributed by atoms with van der Waals surface area (Å²) in [6, 6.07) is 10.0. The third-order valence-electron chi connectivity index (χ3n) is 3.98. The zero-order chi connectivity index (χ0) is 14.4. The molecule has 0 radical (unpaired) electrons. The van der Waals surface area contributed by atoms with Gasteiger partial charge in [-0.3, -0.25) is 9.59 Å². The van der Waals surface area contributed by atoms with Crippen LogP contribution in [-0.2, 0) is 15.1 Å². The molecule has 1 aliphatic carbocycles. The molecule has 2 N–H and O–H groups in total. The molecule has 0 unspecified atom stereocenters. The second-order valence-corrected chi connectivity index (χ2v) is 5.45. The van der Waals surface area contributed by atoms with Crippen molar-refractivity contribution in [1.82, 2.24) is 5.32 Å². The van der Waals surface area contributed by atoms with E-state index in [0.717, 1.165) is 31.2 Å². The highest BCUT2D eigenvalue weighted by Crippen LogP contribution is 2.37. The van der Waals surface area contributed by atoms with Crippen LogP contribution in [0.5, 0.6) is 0 Å². The van der Waals surface area contributed by atoms with Gasteiger partial charge in [-0.2, -0.15) is 0 Å². The van der Waals surface area contributed by atoms with Gasteiger partial charge < -0.3 is 10.4 Å². The average Bonchev–Trinajstić information content (AvgIpc) is 2.47. The fourth-order valence-electron chi connectivity index (χ4n) is 2.95. The van der Waals surface area contributed by atoms with Gasteiger partial charge in [0.25, 0.3) is 0 Å². The molecule has 1 amide bonds. The molecule has 0 aromatic heterocycles. The number of amides is 1. The maximum absolute atomic E-state index is 12.0. The number of rotatable bonds is 5. The first-order chi connectivity index (χ1) is 9.62. The quantitative estimate of drug-likeness (QED) is 0.868. The minimum atomic E-state index is -0.933. The highest BCUT2D eigenvalue weighted by Gasteiger charge is 2.35. The summed E-state index contributed by atoms with van der Waals surface area (Å²) >= 11 is 0. The molecule has 1 aromatic rings. The lowest BCUT2D eigenvalue weighted by atomic mass is 9.76. The van der Waals surface area contributed by atoms with Crippen molar-refractivity contribution in [3.05, 3.63) is 35.9 Å². The molecule has 4 nitrogen and oxygen atoms in total. The summed E-state index contributed by atoms with van der Waals surface area (Å²) in [5.41, 5.74) is 0.818. The molecule has 108 valence electrons. The average molecular weight is 275 g/mol. The van der Waals surface area contributed by atoms with Crippen LogP contribution in [0.4, 0.5) is 0 Å². The Bertz CT molecular complexity index is 464. The van der Waals surface area contributed by atoms with Crippen LogP contribution in [0, 0.1) is 0 Å². The zero-order valence-corrected chi connectivity index (χ0v) is 11.6. The van der Waals surface area contributed by atoms with E-state index in [9.17, 15) is 9.59 Å². The molecule has 0 aliphatic heterocycles. The van der Waals surface area contributed by atoms with E-state index in [1.807, 2.05) is 30.3 Å². The normalized spacial score (nSPS) is 17.4. The van der Waals surface area contributed by atoms with Crippen LogP contribution in [0.25, 0.3) is 0 Å². The summed E-state index contributed by atoms with van der Waals surface area (Å²) in [6.45, 7) is 0. The summed E-state index contributed by atoms with van der Waals surface area (Å²) in [5.74, 6) is -1.10. The Hall–Kier alpha value is -1.84. The maximum Gasteiger partial charge on any atom is 0.303 e. The van der Waals surface area contributed by atoms with Gasteiger partial charge in [0.05, 0.1) is 12.0 Å². The predicted octanol–water partition coefficient (Wildman–Crippen LogP) is 2.83. The zero-order valence-electron chi connectivity index (χ0n) is 11.6. The molecule has 4 heteroatoms. The first-order valence-electron chi connectivity index (χ1n) is 7.21. The molecule has 0 atom stereocenters. The van der Waals surface area contributed by atoms with Crippen LogP contribution in [0.15, 0.2) is 30.3 Å². The van der Waals surface area contributed by atoms with Gasteiger partial charge in [0.1, 0.15) is 0 Å². The van der Waals surface area contributed by atoms with E-state index in [1.165, 1.54) is 6.42 Å². The molecule has 0 bridgehead atoms. The van der Waals surface area contributed by atoms with Crippen molar-refractivity contribution < 1.29 is 14.7 Å². The van der Waals surface area contributed by atoms with Crippen molar-refractivity contribution in [3.63, 3.8) is 0 Å². The number of carboxylic acid groups (broad SMARTS) is 1. The maximum atomic E-state index is 12.0. The topological polar surface area (TPSA) is 66.4 Å². The fraction of sp³-hybridized carbons (Fsp3) is 0.500. The highest BCUT2D eigenvalue weighted by molar-refractivity contribution is 5.81.